The largest absolute Gasteiger partial charge is 0.451 e. The van der Waals surface area contributed by atoms with Crippen molar-refractivity contribution in [2.75, 3.05) is 5.32 Å². The van der Waals surface area contributed by atoms with Crippen LogP contribution < -0.4 is 10.0 Å². The van der Waals surface area contributed by atoms with Crippen molar-refractivity contribution in [2.45, 2.75) is 36.9 Å². The lowest BCUT2D eigenvalue weighted by atomic mass is 10.1. The summed E-state index contributed by atoms with van der Waals surface area (Å²) in [7, 11) is -3.77. The van der Waals surface area contributed by atoms with E-state index >= 15 is 0 Å². The lowest BCUT2D eigenvalue weighted by Gasteiger charge is -2.09. The maximum atomic E-state index is 12.5. The van der Waals surface area contributed by atoms with Crippen molar-refractivity contribution >= 4 is 21.9 Å². The molecule has 0 saturated heterocycles. The molecule has 12 heteroatoms. The van der Waals surface area contributed by atoms with Gasteiger partial charge < -0.3 is 0 Å². The van der Waals surface area contributed by atoms with E-state index < -0.39 is 33.9 Å². The molecule has 3 N–H and O–H groups in total. The predicted molar refractivity (Wildman–Crippen MR) is 83.9 cm³/mol. The Morgan fingerprint density at radius 3 is 2.58 bits per heavy atom. The number of carbonyl (C=O) groups excluding carboxylic acids is 1. The van der Waals surface area contributed by atoms with Gasteiger partial charge in [-0.1, -0.05) is 6.07 Å². The first kappa shape index (κ1) is 18.3. The molecule has 1 heterocycles. The van der Waals surface area contributed by atoms with Crippen molar-refractivity contribution in [2.24, 2.45) is 0 Å². The van der Waals surface area contributed by atoms with Crippen LogP contribution in [0, 0.1) is 6.92 Å². The molecular formula is C14H14F3N5O3S. The highest BCUT2D eigenvalue weighted by molar-refractivity contribution is 7.89. The summed E-state index contributed by atoms with van der Waals surface area (Å²) in [6.07, 6.45) is -3.22. The number of alkyl halides is 3. The minimum atomic E-state index is -4.73. The minimum absolute atomic E-state index is 0.0120. The van der Waals surface area contributed by atoms with Crippen LogP contribution in [0.1, 0.15) is 34.6 Å². The molecule has 0 radical (unpaired) electrons. The van der Waals surface area contributed by atoms with Gasteiger partial charge in [-0.2, -0.15) is 18.2 Å². The first-order valence-corrected chi connectivity index (χ1v) is 8.98. The standard InChI is InChI=1S/C14H14F3N5O3S/c1-7-2-5-9(26(24,25)22-8-3-4-8)6-10(7)11(23)18-13-19-12(20-21-13)14(15,16)17/h2,5-6,8,22H,3-4H2,1H3,(H2,18,19,20,21,23). The number of hydrogen-bond donors (Lipinski definition) is 3. The second-order valence-corrected chi connectivity index (χ2v) is 7.55. The Balaban J connectivity index is 1.82. The summed E-state index contributed by atoms with van der Waals surface area (Å²) in [6.45, 7) is 1.57. The number of aryl methyl sites for hydroxylation is 1. The van der Waals surface area contributed by atoms with Crippen molar-refractivity contribution in [3.8, 4) is 0 Å². The van der Waals surface area contributed by atoms with Crippen LogP contribution in [0.15, 0.2) is 23.1 Å². The third-order valence-corrected chi connectivity index (χ3v) is 5.16. The van der Waals surface area contributed by atoms with E-state index in [2.05, 4.69) is 20.1 Å². The maximum Gasteiger partial charge on any atom is 0.451 e. The fourth-order valence-electron chi connectivity index (χ4n) is 2.11. The van der Waals surface area contributed by atoms with Crippen LogP contribution >= 0.6 is 0 Å². The second kappa shape index (κ2) is 6.36. The van der Waals surface area contributed by atoms with Crippen LogP contribution in [0.3, 0.4) is 0 Å². The highest BCUT2D eigenvalue weighted by Gasteiger charge is 2.35. The molecule has 1 saturated carbocycles. The molecule has 1 aliphatic rings. The predicted octanol–water partition coefficient (Wildman–Crippen LogP) is 1.82. The number of halogens is 3. The Labute approximate surface area is 146 Å². The molecule has 3 rings (SSSR count). The van der Waals surface area contributed by atoms with Crippen molar-refractivity contribution in [3.05, 3.63) is 35.2 Å². The zero-order valence-corrected chi connectivity index (χ0v) is 14.2. The molecule has 0 spiro atoms. The summed E-state index contributed by atoms with van der Waals surface area (Å²) in [5.74, 6) is -2.74. The molecule has 1 aliphatic carbocycles. The first-order valence-electron chi connectivity index (χ1n) is 7.50. The molecule has 1 aromatic heterocycles. The van der Waals surface area contributed by atoms with Crippen LogP contribution in [0.2, 0.25) is 0 Å². The Morgan fingerprint density at radius 2 is 2.00 bits per heavy atom. The maximum absolute atomic E-state index is 12.5. The van der Waals surface area contributed by atoms with E-state index in [9.17, 15) is 26.4 Å². The third-order valence-electron chi connectivity index (χ3n) is 3.64. The van der Waals surface area contributed by atoms with Crippen LogP contribution in [0.4, 0.5) is 19.1 Å². The van der Waals surface area contributed by atoms with E-state index in [1.165, 1.54) is 12.1 Å². The fraction of sp³-hybridized carbons (Fsp3) is 0.357. The van der Waals surface area contributed by atoms with Gasteiger partial charge in [-0.05, 0) is 37.5 Å². The number of nitrogens with one attached hydrogen (secondary N) is 3. The van der Waals surface area contributed by atoms with Gasteiger partial charge in [0, 0.05) is 11.6 Å². The van der Waals surface area contributed by atoms with Gasteiger partial charge in [0.05, 0.1) is 4.90 Å². The lowest BCUT2D eigenvalue weighted by Crippen LogP contribution is -2.26. The van der Waals surface area contributed by atoms with Crippen molar-refractivity contribution in [1.29, 1.82) is 0 Å². The molecule has 2 aromatic rings. The van der Waals surface area contributed by atoms with Crippen LogP contribution in [-0.2, 0) is 16.2 Å². The number of aromatic amines is 1. The molecule has 1 aromatic carbocycles. The lowest BCUT2D eigenvalue weighted by molar-refractivity contribution is -0.144. The van der Waals surface area contributed by atoms with Gasteiger partial charge >= 0.3 is 6.18 Å². The van der Waals surface area contributed by atoms with E-state index in [1.54, 1.807) is 12.0 Å². The molecule has 0 atom stereocenters. The number of benzene rings is 1. The van der Waals surface area contributed by atoms with Crippen LogP contribution in [0.5, 0.6) is 0 Å². The zero-order chi connectivity index (χ0) is 19.1. The first-order chi connectivity index (χ1) is 12.1. The number of amides is 1. The normalized spacial score (nSPS) is 15.1. The number of H-pyrrole nitrogens is 1. The van der Waals surface area contributed by atoms with Crippen molar-refractivity contribution in [3.63, 3.8) is 0 Å². The number of sulfonamides is 1. The zero-order valence-electron chi connectivity index (χ0n) is 13.4. The quantitative estimate of drug-likeness (QED) is 0.721. The molecule has 0 aliphatic heterocycles. The summed E-state index contributed by atoms with van der Waals surface area (Å²) in [5.41, 5.74) is 0.432. The highest BCUT2D eigenvalue weighted by Crippen LogP contribution is 2.26. The Bertz CT molecular complexity index is 951. The van der Waals surface area contributed by atoms with E-state index in [0.717, 1.165) is 18.9 Å². The van der Waals surface area contributed by atoms with Crippen molar-refractivity contribution < 1.29 is 26.4 Å². The van der Waals surface area contributed by atoms with Gasteiger partial charge in [-0.15, -0.1) is 5.10 Å². The van der Waals surface area contributed by atoms with E-state index in [1.807, 2.05) is 0 Å². The van der Waals surface area contributed by atoms with Gasteiger partial charge in [-0.25, -0.2) is 13.1 Å². The fourth-order valence-corrected chi connectivity index (χ4v) is 3.45. The summed E-state index contributed by atoms with van der Waals surface area (Å²) in [4.78, 5) is 15.3. The summed E-state index contributed by atoms with van der Waals surface area (Å²) >= 11 is 0. The average molecular weight is 389 g/mol. The van der Waals surface area contributed by atoms with Gasteiger partial charge in [0.15, 0.2) is 0 Å². The van der Waals surface area contributed by atoms with E-state index in [-0.39, 0.29) is 16.5 Å². The number of hydrogen-bond acceptors (Lipinski definition) is 5. The van der Waals surface area contributed by atoms with Gasteiger partial charge in [0.25, 0.3) is 5.91 Å². The Kier molecular flexibility index (Phi) is 4.48. The monoisotopic (exact) mass is 389 g/mol. The Morgan fingerprint density at radius 1 is 1.31 bits per heavy atom. The number of carbonyl (C=O) groups is 1. The molecule has 26 heavy (non-hydrogen) atoms. The van der Waals surface area contributed by atoms with Gasteiger partial charge in [-0.3, -0.25) is 15.2 Å². The van der Waals surface area contributed by atoms with Gasteiger partial charge in [0.2, 0.25) is 21.8 Å². The molecule has 0 unspecified atom stereocenters. The smallest absolute Gasteiger partial charge is 0.289 e. The number of nitrogens with zero attached hydrogens (tertiary/aromatic N) is 2. The topological polar surface area (TPSA) is 117 Å². The molecular weight excluding hydrogens is 375 g/mol. The van der Waals surface area contributed by atoms with Crippen LogP contribution in [-0.4, -0.2) is 35.5 Å². The highest BCUT2D eigenvalue weighted by atomic mass is 32.2. The van der Waals surface area contributed by atoms with Crippen molar-refractivity contribution in [1.82, 2.24) is 19.9 Å². The minimum Gasteiger partial charge on any atom is -0.289 e. The third kappa shape index (κ3) is 4.02. The van der Waals surface area contributed by atoms with Gasteiger partial charge in [0.1, 0.15) is 0 Å². The number of aromatic nitrogens is 3. The second-order valence-electron chi connectivity index (χ2n) is 5.83. The molecule has 8 nitrogen and oxygen atoms in total. The van der Waals surface area contributed by atoms with Crippen LogP contribution in [0.25, 0.3) is 0 Å². The van der Waals surface area contributed by atoms with E-state index in [4.69, 9.17) is 0 Å². The summed E-state index contributed by atoms with van der Waals surface area (Å²) in [5, 5.41) is 7.07. The summed E-state index contributed by atoms with van der Waals surface area (Å²) in [6, 6.07) is 3.85. The van der Waals surface area contributed by atoms with E-state index in [0.29, 0.717) is 5.56 Å². The number of rotatable bonds is 5. The molecule has 1 amide bonds. The molecule has 0 bridgehead atoms. The molecule has 140 valence electrons. The SMILES string of the molecule is Cc1ccc(S(=O)(=O)NC2CC2)cc1C(=O)Nc1n[nH]c(C(F)(F)F)n1. The Hall–Kier alpha value is -2.47. The number of anilines is 1. The molecule has 1 fully saturated rings. The average Bonchev–Trinajstić information content (AvgIpc) is 3.19. The summed E-state index contributed by atoms with van der Waals surface area (Å²) < 4.78 is 64.5.